The number of fused-ring (bicyclic) bond motifs is 5. The Hall–Kier alpha value is -3.39. The smallest absolute Gasteiger partial charge is 0.344 e. The van der Waals surface area contributed by atoms with Crippen LogP contribution in [0.5, 0.6) is 0 Å². The Bertz CT molecular complexity index is 1300. The van der Waals surface area contributed by atoms with E-state index in [1.54, 1.807) is 0 Å². The normalized spacial score (nSPS) is 11.4. The second-order valence-corrected chi connectivity index (χ2v) is 6.18. The summed E-state index contributed by atoms with van der Waals surface area (Å²) in [6, 6.07) is 28.2. The van der Waals surface area contributed by atoms with E-state index in [1.807, 2.05) is 60.7 Å². The lowest BCUT2D eigenvalue weighted by Gasteiger charge is -2.08. The van der Waals surface area contributed by atoms with E-state index in [4.69, 9.17) is 4.42 Å². The maximum Gasteiger partial charge on any atom is 0.344 e. The third kappa shape index (κ3) is 2.15. The van der Waals surface area contributed by atoms with Crippen LogP contribution in [-0.4, -0.2) is 0 Å². The molecule has 0 radical (unpaired) electrons. The van der Waals surface area contributed by atoms with Crippen molar-refractivity contribution in [1.29, 1.82) is 0 Å². The molecule has 0 atom stereocenters. The maximum atomic E-state index is 12.5. The van der Waals surface area contributed by atoms with Gasteiger partial charge in [0.2, 0.25) is 0 Å². The molecule has 0 saturated carbocycles. The molecule has 1 heterocycles. The summed E-state index contributed by atoms with van der Waals surface area (Å²) in [6.07, 6.45) is 0. The molecule has 118 valence electrons. The molecule has 0 fully saturated rings. The van der Waals surface area contributed by atoms with Gasteiger partial charge in [0.15, 0.2) is 0 Å². The highest BCUT2D eigenvalue weighted by atomic mass is 16.4. The SMILES string of the molecule is O=c1oc2c3ccccc3ccc2c2cc(-c3ccccc3)ccc12. The predicted octanol–water partition coefficient (Wildman–Crippen LogP) is 5.77. The van der Waals surface area contributed by atoms with Crippen molar-refractivity contribution in [3.8, 4) is 11.1 Å². The molecule has 0 aliphatic rings. The molecule has 0 aliphatic carbocycles. The van der Waals surface area contributed by atoms with Crippen LogP contribution < -0.4 is 5.63 Å². The molecule has 0 aliphatic heterocycles. The highest BCUT2D eigenvalue weighted by molar-refractivity contribution is 6.14. The topological polar surface area (TPSA) is 30.2 Å². The fourth-order valence-corrected chi connectivity index (χ4v) is 3.47. The van der Waals surface area contributed by atoms with Gasteiger partial charge in [-0.15, -0.1) is 0 Å². The molecule has 5 rings (SSSR count). The van der Waals surface area contributed by atoms with E-state index in [2.05, 4.69) is 24.3 Å². The zero-order chi connectivity index (χ0) is 16.8. The first-order valence-corrected chi connectivity index (χ1v) is 8.25. The van der Waals surface area contributed by atoms with E-state index in [9.17, 15) is 4.79 Å². The first kappa shape index (κ1) is 14.0. The van der Waals surface area contributed by atoms with Crippen LogP contribution in [0.4, 0.5) is 0 Å². The number of hydrogen-bond donors (Lipinski definition) is 0. The van der Waals surface area contributed by atoms with Gasteiger partial charge in [0, 0.05) is 16.2 Å². The van der Waals surface area contributed by atoms with Gasteiger partial charge in [0.1, 0.15) is 5.58 Å². The monoisotopic (exact) mass is 322 g/mol. The minimum atomic E-state index is -0.293. The Kier molecular flexibility index (Phi) is 2.98. The van der Waals surface area contributed by atoms with Gasteiger partial charge in [-0.1, -0.05) is 66.7 Å². The molecular formula is C23H14O2. The summed E-state index contributed by atoms with van der Waals surface area (Å²) in [5, 5.41) is 4.53. The minimum Gasteiger partial charge on any atom is -0.422 e. The zero-order valence-corrected chi connectivity index (χ0v) is 13.4. The van der Waals surface area contributed by atoms with Crippen LogP contribution in [0.2, 0.25) is 0 Å². The Balaban J connectivity index is 1.93. The van der Waals surface area contributed by atoms with Crippen LogP contribution in [0.3, 0.4) is 0 Å². The van der Waals surface area contributed by atoms with Crippen LogP contribution in [0.15, 0.2) is 94.1 Å². The molecule has 0 amide bonds. The molecular weight excluding hydrogens is 308 g/mol. The molecule has 0 bridgehead atoms. The Labute approximate surface area is 143 Å². The average Bonchev–Trinajstić information content (AvgIpc) is 2.68. The molecule has 1 aromatic heterocycles. The third-order valence-corrected chi connectivity index (χ3v) is 4.71. The van der Waals surface area contributed by atoms with Crippen molar-refractivity contribution in [1.82, 2.24) is 0 Å². The third-order valence-electron chi connectivity index (χ3n) is 4.71. The number of benzene rings is 4. The van der Waals surface area contributed by atoms with Crippen LogP contribution in [0, 0.1) is 0 Å². The molecule has 2 heteroatoms. The van der Waals surface area contributed by atoms with Gasteiger partial charge in [-0.2, -0.15) is 0 Å². The van der Waals surface area contributed by atoms with E-state index in [-0.39, 0.29) is 5.63 Å². The van der Waals surface area contributed by atoms with Crippen molar-refractivity contribution in [2.75, 3.05) is 0 Å². The summed E-state index contributed by atoms with van der Waals surface area (Å²) in [7, 11) is 0. The lowest BCUT2D eigenvalue weighted by molar-refractivity contribution is 0.573. The number of rotatable bonds is 1. The van der Waals surface area contributed by atoms with Crippen LogP contribution in [0.1, 0.15) is 0 Å². The van der Waals surface area contributed by atoms with Crippen molar-refractivity contribution in [2.24, 2.45) is 0 Å². The predicted molar refractivity (Wildman–Crippen MR) is 103 cm³/mol. The van der Waals surface area contributed by atoms with Gasteiger partial charge < -0.3 is 4.42 Å². The summed E-state index contributed by atoms with van der Waals surface area (Å²) in [5.41, 5.74) is 2.58. The summed E-state index contributed by atoms with van der Waals surface area (Å²) in [5.74, 6) is 0. The molecule has 5 aromatic rings. The van der Waals surface area contributed by atoms with Gasteiger partial charge >= 0.3 is 5.63 Å². The highest BCUT2D eigenvalue weighted by Crippen LogP contribution is 2.31. The quantitative estimate of drug-likeness (QED) is 0.290. The molecule has 4 aromatic carbocycles. The van der Waals surface area contributed by atoms with Crippen LogP contribution in [-0.2, 0) is 0 Å². The Morgan fingerprint density at radius 2 is 1.32 bits per heavy atom. The number of hydrogen-bond acceptors (Lipinski definition) is 2. The van der Waals surface area contributed by atoms with Gasteiger partial charge in [0.25, 0.3) is 0 Å². The largest absolute Gasteiger partial charge is 0.422 e. The second kappa shape index (κ2) is 5.32. The van der Waals surface area contributed by atoms with Crippen LogP contribution >= 0.6 is 0 Å². The Morgan fingerprint density at radius 3 is 2.20 bits per heavy atom. The van der Waals surface area contributed by atoms with Gasteiger partial charge in [-0.05, 0) is 34.7 Å². The van der Waals surface area contributed by atoms with Gasteiger partial charge in [-0.25, -0.2) is 4.79 Å². The molecule has 0 N–H and O–H groups in total. The van der Waals surface area contributed by atoms with E-state index in [0.29, 0.717) is 11.0 Å². The van der Waals surface area contributed by atoms with E-state index < -0.39 is 0 Å². The minimum absolute atomic E-state index is 0.293. The fraction of sp³-hybridized carbons (Fsp3) is 0. The van der Waals surface area contributed by atoms with E-state index >= 15 is 0 Å². The second-order valence-electron chi connectivity index (χ2n) is 6.18. The molecule has 0 spiro atoms. The lowest BCUT2D eigenvalue weighted by Crippen LogP contribution is -2.00. The lowest BCUT2D eigenvalue weighted by atomic mass is 9.98. The molecule has 0 saturated heterocycles. The van der Waals surface area contributed by atoms with E-state index in [0.717, 1.165) is 32.7 Å². The summed E-state index contributed by atoms with van der Waals surface area (Å²) in [4.78, 5) is 12.5. The average molecular weight is 322 g/mol. The molecule has 0 unspecified atom stereocenters. The Morgan fingerprint density at radius 1 is 0.560 bits per heavy atom. The fourth-order valence-electron chi connectivity index (χ4n) is 3.47. The van der Waals surface area contributed by atoms with Gasteiger partial charge in [-0.3, -0.25) is 0 Å². The maximum absolute atomic E-state index is 12.5. The van der Waals surface area contributed by atoms with Gasteiger partial charge in [0.05, 0.1) is 5.39 Å². The standard InChI is InChI=1S/C23H14O2/c24-23-20-13-11-17(15-6-2-1-3-7-15)14-21(20)19-12-10-16-8-4-5-9-18(16)22(19)25-23/h1-14H. The van der Waals surface area contributed by atoms with Crippen molar-refractivity contribution >= 4 is 32.5 Å². The van der Waals surface area contributed by atoms with E-state index in [1.165, 1.54) is 0 Å². The zero-order valence-electron chi connectivity index (χ0n) is 13.4. The van der Waals surface area contributed by atoms with Crippen molar-refractivity contribution in [3.63, 3.8) is 0 Å². The summed E-state index contributed by atoms with van der Waals surface area (Å²) >= 11 is 0. The molecule has 2 nitrogen and oxygen atoms in total. The van der Waals surface area contributed by atoms with Crippen LogP contribution in [0.25, 0.3) is 43.6 Å². The summed E-state index contributed by atoms with van der Waals surface area (Å²) in [6.45, 7) is 0. The molecule has 25 heavy (non-hydrogen) atoms. The first-order valence-electron chi connectivity index (χ1n) is 8.25. The highest BCUT2D eigenvalue weighted by Gasteiger charge is 2.11. The van der Waals surface area contributed by atoms with Crippen molar-refractivity contribution in [3.05, 3.63) is 95.3 Å². The van der Waals surface area contributed by atoms with Crippen molar-refractivity contribution < 1.29 is 4.42 Å². The summed E-state index contributed by atoms with van der Waals surface area (Å²) < 4.78 is 5.68. The van der Waals surface area contributed by atoms with Crippen molar-refractivity contribution in [2.45, 2.75) is 0 Å². The first-order chi connectivity index (χ1) is 12.3.